The molecule has 5 heteroatoms. The summed E-state index contributed by atoms with van der Waals surface area (Å²) in [6.45, 7) is 2.07. The number of esters is 1. The molecule has 0 radical (unpaired) electrons. The third kappa shape index (κ3) is 5.88. The van der Waals surface area contributed by atoms with Crippen LogP contribution in [0.25, 0.3) is 0 Å². The van der Waals surface area contributed by atoms with Gasteiger partial charge >= 0.3 is 11.9 Å². The quantitative estimate of drug-likeness (QED) is 0.747. The highest BCUT2D eigenvalue weighted by molar-refractivity contribution is 5.89. The second kappa shape index (κ2) is 8.78. The smallest absolute Gasteiger partial charge is 0.338 e. The first-order valence-corrected chi connectivity index (χ1v) is 8.05. The van der Waals surface area contributed by atoms with Crippen molar-refractivity contribution in [3.8, 4) is 0 Å². The van der Waals surface area contributed by atoms with Crippen LogP contribution >= 0.6 is 0 Å². The van der Waals surface area contributed by atoms with Gasteiger partial charge in [0.25, 0.3) is 0 Å². The molecule has 0 fully saturated rings. The molecule has 0 heterocycles. The van der Waals surface area contributed by atoms with Crippen molar-refractivity contribution in [1.82, 2.24) is 0 Å². The van der Waals surface area contributed by atoms with Crippen LogP contribution in [0.2, 0.25) is 0 Å². The number of carboxylic acids is 1. The summed E-state index contributed by atoms with van der Waals surface area (Å²) in [5, 5.41) is 8.75. The summed E-state index contributed by atoms with van der Waals surface area (Å²) >= 11 is 0. The van der Waals surface area contributed by atoms with Crippen LogP contribution in [0.4, 0.5) is 0 Å². The van der Waals surface area contributed by atoms with Crippen LogP contribution in [-0.4, -0.2) is 29.4 Å². The SMILES string of the molecule is CCOC(=O)c1ccc(CC(=O)Cc2ccc(CC(=O)O)cc2)cc1. The molecule has 25 heavy (non-hydrogen) atoms. The zero-order chi connectivity index (χ0) is 18.2. The molecular weight excluding hydrogens is 320 g/mol. The summed E-state index contributed by atoms with van der Waals surface area (Å²) in [5.41, 5.74) is 2.85. The van der Waals surface area contributed by atoms with Crippen molar-refractivity contribution in [1.29, 1.82) is 0 Å². The van der Waals surface area contributed by atoms with E-state index in [-0.39, 0.29) is 31.0 Å². The summed E-state index contributed by atoms with van der Waals surface area (Å²) in [7, 11) is 0. The zero-order valence-corrected chi connectivity index (χ0v) is 14.0. The molecule has 0 saturated carbocycles. The van der Waals surface area contributed by atoms with Gasteiger partial charge in [0, 0.05) is 12.8 Å². The number of benzene rings is 2. The molecule has 1 N–H and O–H groups in total. The van der Waals surface area contributed by atoms with Crippen LogP contribution in [0.3, 0.4) is 0 Å². The van der Waals surface area contributed by atoms with Gasteiger partial charge in [-0.05, 0) is 35.7 Å². The number of carboxylic acid groups (broad SMARTS) is 1. The zero-order valence-electron chi connectivity index (χ0n) is 14.0. The van der Waals surface area contributed by atoms with Gasteiger partial charge in [0.2, 0.25) is 0 Å². The number of carbonyl (C=O) groups excluding carboxylic acids is 2. The first-order valence-electron chi connectivity index (χ1n) is 8.05. The summed E-state index contributed by atoms with van der Waals surface area (Å²) in [6.07, 6.45) is 0.536. The van der Waals surface area contributed by atoms with E-state index < -0.39 is 5.97 Å². The third-order valence-corrected chi connectivity index (χ3v) is 3.65. The van der Waals surface area contributed by atoms with Crippen LogP contribution in [0.15, 0.2) is 48.5 Å². The molecule has 0 saturated heterocycles. The van der Waals surface area contributed by atoms with Crippen molar-refractivity contribution in [2.45, 2.75) is 26.2 Å². The Morgan fingerprint density at radius 3 is 1.68 bits per heavy atom. The minimum absolute atomic E-state index is 0.0267. The molecule has 0 aliphatic heterocycles. The van der Waals surface area contributed by atoms with Crippen LogP contribution in [0.5, 0.6) is 0 Å². The highest BCUT2D eigenvalue weighted by Gasteiger charge is 2.09. The summed E-state index contributed by atoms with van der Waals surface area (Å²) in [5.74, 6) is -1.20. The minimum atomic E-state index is -0.880. The highest BCUT2D eigenvalue weighted by Crippen LogP contribution is 2.10. The number of aliphatic carboxylic acids is 1. The van der Waals surface area contributed by atoms with E-state index in [1.807, 2.05) is 0 Å². The van der Waals surface area contributed by atoms with Crippen molar-refractivity contribution in [3.63, 3.8) is 0 Å². The average molecular weight is 340 g/mol. The number of ether oxygens (including phenoxy) is 1. The van der Waals surface area contributed by atoms with Gasteiger partial charge in [-0.2, -0.15) is 0 Å². The Bertz CT molecular complexity index is 745. The first kappa shape index (κ1) is 18.4. The molecule has 0 atom stereocenters. The number of carbonyl (C=O) groups is 3. The van der Waals surface area contributed by atoms with Gasteiger partial charge in [0.05, 0.1) is 18.6 Å². The molecule has 5 nitrogen and oxygen atoms in total. The Kier molecular flexibility index (Phi) is 6.46. The van der Waals surface area contributed by atoms with Crippen LogP contribution < -0.4 is 0 Å². The first-order chi connectivity index (χ1) is 12.0. The fourth-order valence-electron chi connectivity index (χ4n) is 2.44. The predicted molar refractivity (Wildman–Crippen MR) is 92.6 cm³/mol. The number of hydrogen-bond acceptors (Lipinski definition) is 4. The molecule has 0 unspecified atom stereocenters. The third-order valence-electron chi connectivity index (χ3n) is 3.65. The topological polar surface area (TPSA) is 80.7 Å². The van der Waals surface area contributed by atoms with Gasteiger partial charge in [-0.15, -0.1) is 0 Å². The largest absolute Gasteiger partial charge is 0.481 e. The minimum Gasteiger partial charge on any atom is -0.481 e. The highest BCUT2D eigenvalue weighted by atomic mass is 16.5. The van der Waals surface area contributed by atoms with Gasteiger partial charge in [0.15, 0.2) is 0 Å². The lowest BCUT2D eigenvalue weighted by Crippen LogP contribution is -2.08. The Labute approximate surface area is 146 Å². The van der Waals surface area contributed by atoms with Crippen LogP contribution in [0, 0.1) is 0 Å². The number of ketones is 1. The monoisotopic (exact) mass is 340 g/mol. The Balaban J connectivity index is 1.91. The van der Waals surface area contributed by atoms with Crippen molar-refractivity contribution in [3.05, 3.63) is 70.8 Å². The predicted octanol–water partition coefficient (Wildman–Crippen LogP) is 2.84. The van der Waals surface area contributed by atoms with E-state index in [0.29, 0.717) is 17.7 Å². The molecule has 130 valence electrons. The van der Waals surface area contributed by atoms with E-state index in [0.717, 1.165) is 11.1 Å². The second-order valence-corrected chi connectivity index (χ2v) is 5.70. The maximum Gasteiger partial charge on any atom is 0.338 e. The van der Waals surface area contributed by atoms with Gasteiger partial charge in [-0.3, -0.25) is 9.59 Å². The molecule has 2 rings (SSSR count). The number of rotatable bonds is 8. The lowest BCUT2D eigenvalue weighted by Gasteiger charge is -2.05. The van der Waals surface area contributed by atoms with Crippen LogP contribution in [-0.2, 0) is 33.6 Å². The normalized spacial score (nSPS) is 10.3. The van der Waals surface area contributed by atoms with Gasteiger partial charge in [0.1, 0.15) is 5.78 Å². The van der Waals surface area contributed by atoms with E-state index in [4.69, 9.17) is 9.84 Å². The fourth-order valence-corrected chi connectivity index (χ4v) is 2.44. The molecular formula is C20H20O5. The van der Waals surface area contributed by atoms with Gasteiger partial charge in [-0.25, -0.2) is 4.79 Å². The lowest BCUT2D eigenvalue weighted by atomic mass is 10.0. The van der Waals surface area contributed by atoms with Crippen molar-refractivity contribution in [2.24, 2.45) is 0 Å². The van der Waals surface area contributed by atoms with Crippen molar-refractivity contribution in [2.75, 3.05) is 6.61 Å². The molecule has 2 aromatic rings. The molecule has 0 aliphatic carbocycles. The molecule has 0 bridgehead atoms. The molecule has 2 aromatic carbocycles. The molecule has 0 aromatic heterocycles. The van der Waals surface area contributed by atoms with Gasteiger partial charge < -0.3 is 9.84 Å². The Morgan fingerprint density at radius 2 is 1.24 bits per heavy atom. The van der Waals surface area contributed by atoms with Gasteiger partial charge in [-0.1, -0.05) is 36.4 Å². The van der Waals surface area contributed by atoms with E-state index in [2.05, 4.69) is 0 Å². The van der Waals surface area contributed by atoms with E-state index >= 15 is 0 Å². The molecule has 0 amide bonds. The Hall–Kier alpha value is -2.95. The summed E-state index contributed by atoms with van der Waals surface area (Å²) in [4.78, 5) is 34.4. The standard InChI is InChI=1S/C20H20O5/c1-2-25-20(24)17-9-7-15(8-10-17)12-18(21)11-14-3-5-16(6-4-14)13-19(22)23/h3-10H,2,11-13H2,1H3,(H,22,23). The van der Waals surface area contributed by atoms with Crippen molar-refractivity contribution >= 4 is 17.7 Å². The maximum absolute atomic E-state index is 12.2. The van der Waals surface area contributed by atoms with E-state index in [1.165, 1.54) is 0 Å². The molecule has 0 spiro atoms. The maximum atomic E-state index is 12.2. The number of Topliss-reactive ketones (excluding diaryl/α,β-unsaturated/α-hetero) is 1. The van der Waals surface area contributed by atoms with E-state index in [1.54, 1.807) is 55.5 Å². The summed E-state index contributed by atoms with van der Waals surface area (Å²) < 4.78 is 4.92. The number of hydrogen-bond donors (Lipinski definition) is 1. The van der Waals surface area contributed by atoms with E-state index in [9.17, 15) is 14.4 Å². The van der Waals surface area contributed by atoms with Crippen molar-refractivity contribution < 1.29 is 24.2 Å². The lowest BCUT2D eigenvalue weighted by molar-refractivity contribution is -0.136. The second-order valence-electron chi connectivity index (χ2n) is 5.70. The Morgan fingerprint density at radius 1 is 0.800 bits per heavy atom. The average Bonchev–Trinajstić information content (AvgIpc) is 2.57. The molecule has 0 aliphatic rings. The van der Waals surface area contributed by atoms with Crippen LogP contribution in [0.1, 0.15) is 34.0 Å². The summed E-state index contributed by atoms with van der Waals surface area (Å²) in [6, 6.07) is 13.8. The fraction of sp³-hybridized carbons (Fsp3) is 0.250.